The van der Waals surface area contributed by atoms with E-state index in [-0.39, 0.29) is 6.10 Å². The van der Waals surface area contributed by atoms with Gasteiger partial charge in [0.05, 0.1) is 11.7 Å². The van der Waals surface area contributed by atoms with E-state index in [1.54, 1.807) is 0 Å². The molecule has 1 saturated carbocycles. The molecule has 1 heterocycles. The molecule has 0 radical (unpaired) electrons. The van der Waals surface area contributed by atoms with Crippen LogP contribution in [0, 0.1) is 0 Å². The van der Waals surface area contributed by atoms with Gasteiger partial charge in [0.25, 0.3) is 0 Å². The van der Waals surface area contributed by atoms with Crippen LogP contribution in [0.15, 0.2) is 0 Å². The first kappa shape index (κ1) is 8.48. The van der Waals surface area contributed by atoms with E-state index in [1.165, 1.54) is 0 Å². The molecule has 0 unspecified atom stereocenters. The number of rotatable bonds is 1. The zero-order valence-electron chi connectivity index (χ0n) is 7.53. The molecule has 3 heteroatoms. The molecule has 12 heavy (non-hydrogen) atoms. The van der Waals surface area contributed by atoms with Gasteiger partial charge in [-0.05, 0) is 26.2 Å². The Balaban J connectivity index is 1.87. The molecule has 0 aromatic carbocycles. The highest BCUT2D eigenvalue weighted by atomic mass is 16.3. The number of hydrogen-bond acceptors (Lipinski definition) is 3. The standard InChI is InChI=1S/C9H17NO2/c1-9(12)5-10(6-9)7-3-2-4-8(7)11/h7-8,11-12H,2-6H2,1H3/t7-,8-/m0/s1. The highest BCUT2D eigenvalue weighted by Crippen LogP contribution is 2.31. The summed E-state index contributed by atoms with van der Waals surface area (Å²) in [5.74, 6) is 0. The lowest BCUT2D eigenvalue weighted by atomic mass is 9.93. The molecular weight excluding hydrogens is 154 g/mol. The Morgan fingerprint density at radius 3 is 2.42 bits per heavy atom. The smallest absolute Gasteiger partial charge is 0.0872 e. The molecule has 2 atom stereocenters. The largest absolute Gasteiger partial charge is 0.391 e. The Kier molecular flexibility index (Phi) is 1.90. The van der Waals surface area contributed by atoms with Gasteiger partial charge in [-0.2, -0.15) is 0 Å². The number of aliphatic hydroxyl groups is 2. The van der Waals surface area contributed by atoms with E-state index in [1.807, 2.05) is 6.92 Å². The number of hydrogen-bond donors (Lipinski definition) is 2. The van der Waals surface area contributed by atoms with Crippen molar-refractivity contribution in [3.63, 3.8) is 0 Å². The molecule has 0 aromatic rings. The van der Waals surface area contributed by atoms with Crippen molar-refractivity contribution in [2.45, 2.75) is 43.9 Å². The van der Waals surface area contributed by atoms with E-state index in [2.05, 4.69) is 4.90 Å². The van der Waals surface area contributed by atoms with Gasteiger partial charge >= 0.3 is 0 Å². The Labute approximate surface area is 73.0 Å². The van der Waals surface area contributed by atoms with Gasteiger partial charge in [0.15, 0.2) is 0 Å². The lowest BCUT2D eigenvalue weighted by Crippen LogP contribution is -2.64. The highest BCUT2D eigenvalue weighted by molar-refractivity contribution is 4.98. The molecule has 1 saturated heterocycles. The van der Waals surface area contributed by atoms with Gasteiger partial charge in [-0.25, -0.2) is 0 Å². The first-order valence-corrected chi connectivity index (χ1v) is 4.73. The van der Waals surface area contributed by atoms with Crippen LogP contribution in [0.4, 0.5) is 0 Å². The summed E-state index contributed by atoms with van der Waals surface area (Å²) in [4.78, 5) is 2.19. The maximum atomic E-state index is 9.57. The van der Waals surface area contributed by atoms with Crippen molar-refractivity contribution in [1.29, 1.82) is 0 Å². The van der Waals surface area contributed by atoms with Crippen LogP contribution in [-0.2, 0) is 0 Å². The monoisotopic (exact) mass is 171 g/mol. The third-order valence-electron chi connectivity index (χ3n) is 3.00. The maximum Gasteiger partial charge on any atom is 0.0872 e. The van der Waals surface area contributed by atoms with E-state index in [9.17, 15) is 10.2 Å². The first-order valence-electron chi connectivity index (χ1n) is 4.73. The summed E-state index contributed by atoms with van der Waals surface area (Å²) < 4.78 is 0. The van der Waals surface area contributed by atoms with E-state index < -0.39 is 5.60 Å². The summed E-state index contributed by atoms with van der Waals surface area (Å²) in [7, 11) is 0. The number of aliphatic hydroxyl groups excluding tert-OH is 1. The molecule has 1 aliphatic carbocycles. The predicted molar refractivity (Wildman–Crippen MR) is 45.8 cm³/mol. The molecule has 2 rings (SSSR count). The van der Waals surface area contributed by atoms with Crippen LogP contribution in [0.25, 0.3) is 0 Å². The molecule has 1 aliphatic heterocycles. The first-order chi connectivity index (χ1) is 5.58. The van der Waals surface area contributed by atoms with Crippen LogP contribution in [-0.4, -0.2) is 45.9 Å². The maximum absolute atomic E-state index is 9.57. The SMILES string of the molecule is CC1(O)CN([C@H]2CCC[C@@H]2O)C1. The van der Waals surface area contributed by atoms with Crippen LogP contribution >= 0.6 is 0 Å². The summed E-state index contributed by atoms with van der Waals surface area (Å²) in [5.41, 5.74) is -0.498. The third kappa shape index (κ3) is 1.37. The molecule has 2 aliphatic rings. The minimum absolute atomic E-state index is 0.152. The molecule has 0 spiro atoms. The Hall–Kier alpha value is -0.120. The van der Waals surface area contributed by atoms with E-state index in [0.717, 1.165) is 32.4 Å². The number of nitrogens with zero attached hydrogens (tertiary/aromatic N) is 1. The molecule has 3 nitrogen and oxygen atoms in total. The van der Waals surface area contributed by atoms with Crippen molar-refractivity contribution in [2.24, 2.45) is 0 Å². The normalized spacial score (nSPS) is 41.2. The fourth-order valence-corrected chi connectivity index (χ4v) is 2.41. The Morgan fingerprint density at radius 1 is 1.33 bits per heavy atom. The highest BCUT2D eigenvalue weighted by Gasteiger charge is 2.43. The average Bonchev–Trinajstić information content (AvgIpc) is 2.30. The summed E-state index contributed by atoms with van der Waals surface area (Å²) in [6, 6.07) is 0.324. The molecule has 2 N–H and O–H groups in total. The summed E-state index contributed by atoms with van der Waals surface area (Å²) in [5, 5.41) is 19.1. The summed E-state index contributed by atoms with van der Waals surface area (Å²) in [6.07, 6.45) is 3.01. The van der Waals surface area contributed by atoms with Crippen LogP contribution in [0.2, 0.25) is 0 Å². The minimum atomic E-state index is -0.498. The zero-order valence-corrected chi connectivity index (χ0v) is 7.53. The molecule has 0 bridgehead atoms. The average molecular weight is 171 g/mol. The van der Waals surface area contributed by atoms with Gasteiger partial charge in [-0.3, -0.25) is 4.90 Å². The fraction of sp³-hybridized carbons (Fsp3) is 1.00. The van der Waals surface area contributed by atoms with E-state index in [4.69, 9.17) is 0 Å². The molecule has 2 fully saturated rings. The third-order valence-corrected chi connectivity index (χ3v) is 3.00. The quantitative estimate of drug-likeness (QED) is 0.582. The van der Waals surface area contributed by atoms with Gasteiger partial charge in [0.2, 0.25) is 0 Å². The summed E-state index contributed by atoms with van der Waals surface area (Å²) in [6.45, 7) is 3.31. The lowest BCUT2D eigenvalue weighted by Gasteiger charge is -2.48. The zero-order chi connectivity index (χ0) is 8.77. The van der Waals surface area contributed by atoms with Gasteiger partial charge in [0.1, 0.15) is 0 Å². The van der Waals surface area contributed by atoms with Crippen molar-refractivity contribution in [3.05, 3.63) is 0 Å². The number of β-amino-alcohol motifs (C(OH)–C–C–N with tert-alkyl or cyclic N) is 1. The van der Waals surface area contributed by atoms with Gasteiger partial charge in [-0.15, -0.1) is 0 Å². The lowest BCUT2D eigenvalue weighted by molar-refractivity contribution is -0.116. The van der Waals surface area contributed by atoms with Gasteiger partial charge < -0.3 is 10.2 Å². The van der Waals surface area contributed by atoms with E-state index in [0.29, 0.717) is 6.04 Å². The van der Waals surface area contributed by atoms with Crippen LogP contribution in [0.5, 0.6) is 0 Å². The Morgan fingerprint density at radius 2 is 2.00 bits per heavy atom. The second-order valence-corrected chi connectivity index (χ2v) is 4.47. The molecule has 70 valence electrons. The topological polar surface area (TPSA) is 43.7 Å². The number of likely N-dealkylation sites (tertiary alicyclic amines) is 1. The van der Waals surface area contributed by atoms with Crippen LogP contribution in [0.3, 0.4) is 0 Å². The fourth-order valence-electron chi connectivity index (χ4n) is 2.41. The van der Waals surface area contributed by atoms with Gasteiger partial charge in [0, 0.05) is 19.1 Å². The van der Waals surface area contributed by atoms with Crippen LogP contribution in [0.1, 0.15) is 26.2 Å². The van der Waals surface area contributed by atoms with Crippen molar-refractivity contribution in [2.75, 3.05) is 13.1 Å². The van der Waals surface area contributed by atoms with Crippen LogP contribution < -0.4 is 0 Å². The summed E-state index contributed by atoms with van der Waals surface area (Å²) >= 11 is 0. The second-order valence-electron chi connectivity index (χ2n) is 4.47. The van der Waals surface area contributed by atoms with Crippen molar-refractivity contribution in [1.82, 2.24) is 4.90 Å². The molecule has 0 amide bonds. The second kappa shape index (κ2) is 2.69. The van der Waals surface area contributed by atoms with Crippen molar-refractivity contribution >= 4 is 0 Å². The molecular formula is C9H17NO2. The van der Waals surface area contributed by atoms with Crippen molar-refractivity contribution < 1.29 is 10.2 Å². The van der Waals surface area contributed by atoms with E-state index >= 15 is 0 Å². The predicted octanol–water partition coefficient (Wildman–Crippen LogP) is -0.0336. The van der Waals surface area contributed by atoms with Crippen molar-refractivity contribution in [3.8, 4) is 0 Å². The van der Waals surface area contributed by atoms with Gasteiger partial charge in [-0.1, -0.05) is 0 Å². The minimum Gasteiger partial charge on any atom is -0.391 e. The Bertz CT molecular complexity index is 173. The molecule has 0 aromatic heterocycles.